The number of aromatic nitrogens is 1. The molecule has 0 spiro atoms. The fourth-order valence-corrected chi connectivity index (χ4v) is 2.14. The van der Waals surface area contributed by atoms with Crippen molar-refractivity contribution in [2.75, 3.05) is 19.0 Å². The number of nitrogens with one attached hydrogen (secondary N) is 1. The van der Waals surface area contributed by atoms with Gasteiger partial charge in [0.05, 0.1) is 16.9 Å². The average molecular weight is 275 g/mol. The molecule has 0 amide bonds. The van der Waals surface area contributed by atoms with Crippen molar-refractivity contribution >= 4 is 22.1 Å². The standard InChI is InChI=1S/C14H17N3O3/c1-3-10(9-20-2)16-13-4-5-14(17(18)19)12-8-15-7-6-11(12)13/h4-8,10,16H,3,9H2,1-2H3. The second kappa shape index (κ2) is 6.29. The van der Waals surface area contributed by atoms with Crippen LogP contribution >= 0.6 is 0 Å². The lowest BCUT2D eigenvalue weighted by Gasteiger charge is -2.18. The van der Waals surface area contributed by atoms with E-state index in [0.29, 0.717) is 12.0 Å². The zero-order valence-corrected chi connectivity index (χ0v) is 11.5. The Kier molecular flexibility index (Phi) is 4.47. The zero-order valence-electron chi connectivity index (χ0n) is 11.5. The van der Waals surface area contributed by atoms with Gasteiger partial charge in [-0.2, -0.15) is 0 Å². The van der Waals surface area contributed by atoms with Crippen molar-refractivity contribution in [1.29, 1.82) is 0 Å². The minimum absolute atomic E-state index is 0.0680. The lowest BCUT2D eigenvalue weighted by atomic mass is 10.1. The van der Waals surface area contributed by atoms with Gasteiger partial charge in [-0.1, -0.05) is 6.92 Å². The van der Waals surface area contributed by atoms with Crippen LogP contribution in [-0.4, -0.2) is 29.7 Å². The third-order valence-corrected chi connectivity index (χ3v) is 3.21. The number of fused-ring (bicyclic) bond motifs is 1. The van der Waals surface area contributed by atoms with E-state index in [4.69, 9.17) is 4.74 Å². The van der Waals surface area contributed by atoms with Crippen LogP contribution in [0.4, 0.5) is 11.4 Å². The maximum Gasteiger partial charge on any atom is 0.278 e. The van der Waals surface area contributed by atoms with Gasteiger partial charge in [-0.3, -0.25) is 15.1 Å². The van der Waals surface area contributed by atoms with Crippen LogP contribution in [-0.2, 0) is 4.74 Å². The Morgan fingerprint density at radius 1 is 1.40 bits per heavy atom. The lowest BCUT2D eigenvalue weighted by Crippen LogP contribution is -2.24. The highest BCUT2D eigenvalue weighted by Crippen LogP contribution is 2.31. The first-order chi connectivity index (χ1) is 9.67. The number of hydrogen-bond acceptors (Lipinski definition) is 5. The molecule has 1 aromatic heterocycles. The molecule has 0 aliphatic carbocycles. The summed E-state index contributed by atoms with van der Waals surface area (Å²) in [5.74, 6) is 0. The smallest absolute Gasteiger partial charge is 0.278 e. The molecule has 2 rings (SSSR count). The SMILES string of the molecule is CCC(COC)Nc1ccc([N+](=O)[O-])c2cnccc12. The quantitative estimate of drug-likeness (QED) is 0.647. The maximum atomic E-state index is 11.0. The summed E-state index contributed by atoms with van der Waals surface area (Å²) in [4.78, 5) is 14.6. The predicted octanol–water partition coefficient (Wildman–Crippen LogP) is 2.98. The largest absolute Gasteiger partial charge is 0.383 e. The Morgan fingerprint density at radius 2 is 2.20 bits per heavy atom. The molecule has 1 unspecified atom stereocenters. The third kappa shape index (κ3) is 2.85. The van der Waals surface area contributed by atoms with Gasteiger partial charge < -0.3 is 10.1 Å². The highest BCUT2D eigenvalue weighted by molar-refractivity contribution is 5.99. The Morgan fingerprint density at radius 3 is 2.85 bits per heavy atom. The molecule has 0 bridgehead atoms. The number of ether oxygens (including phenoxy) is 1. The molecule has 1 aromatic carbocycles. The van der Waals surface area contributed by atoms with Crippen molar-refractivity contribution < 1.29 is 9.66 Å². The molecule has 2 aromatic rings. The maximum absolute atomic E-state index is 11.0. The van der Waals surface area contributed by atoms with Crippen molar-refractivity contribution in [3.05, 3.63) is 40.7 Å². The van der Waals surface area contributed by atoms with Gasteiger partial charge in [-0.05, 0) is 18.6 Å². The fraction of sp³-hybridized carbons (Fsp3) is 0.357. The number of methoxy groups -OCH3 is 1. The molecule has 1 atom stereocenters. The van der Waals surface area contributed by atoms with E-state index in [-0.39, 0.29) is 16.7 Å². The molecule has 0 saturated heterocycles. The number of anilines is 1. The minimum Gasteiger partial charge on any atom is -0.383 e. The summed E-state index contributed by atoms with van der Waals surface area (Å²) in [7, 11) is 1.65. The topological polar surface area (TPSA) is 77.3 Å². The van der Waals surface area contributed by atoms with Crippen LogP contribution in [0.15, 0.2) is 30.6 Å². The summed E-state index contributed by atoms with van der Waals surface area (Å²) in [5, 5.41) is 15.7. The van der Waals surface area contributed by atoms with E-state index >= 15 is 0 Å². The van der Waals surface area contributed by atoms with Crippen LogP contribution in [0.2, 0.25) is 0 Å². The third-order valence-electron chi connectivity index (χ3n) is 3.21. The summed E-state index contributed by atoms with van der Waals surface area (Å²) < 4.78 is 5.16. The van der Waals surface area contributed by atoms with E-state index in [9.17, 15) is 10.1 Å². The number of non-ortho nitro benzene ring substituents is 1. The Balaban J connectivity index is 2.45. The first kappa shape index (κ1) is 14.2. The first-order valence-electron chi connectivity index (χ1n) is 6.44. The van der Waals surface area contributed by atoms with Gasteiger partial charge >= 0.3 is 0 Å². The van der Waals surface area contributed by atoms with E-state index in [1.807, 2.05) is 0 Å². The van der Waals surface area contributed by atoms with E-state index in [2.05, 4.69) is 17.2 Å². The van der Waals surface area contributed by atoms with Crippen molar-refractivity contribution in [2.24, 2.45) is 0 Å². The Labute approximate surface area is 116 Å². The van der Waals surface area contributed by atoms with E-state index in [1.165, 1.54) is 12.3 Å². The van der Waals surface area contributed by atoms with Crippen LogP contribution in [0.3, 0.4) is 0 Å². The first-order valence-corrected chi connectivity index (χ1v) is 6.44. The molecular formula is C14H17N3O3. The van der Waals surface area contributed by atoms with Crippen LogP contribution in [0.5, 0.6) is 0 Å². The van der Waals surface area contributed by atoms with Gasteiger partial charge in [0.15, 0.2) is 0 Å². The Bertz CT molecular complexity index is 616. The molecule has 0 aliphatic heterocycles. The molecule has 6 heteroatoms. The molecule has 0 saturated carbocycles. The molecule has 0 aliphatic rings. The molecule has 106 valence electrons. The summed E-state index contributed by atoms with van der Waals surface area (Å²) >= 11 is 0. The highest BCUT2D eigenvalue weighted by atomic mass is 16.6. The minimum atomic E-state index is -0.389. The van der Waals surface area contributed by atoms with Crippen LogP contribution in [0, 0.1) is 10.1 Å². The highest BCUT2D eigenvalue weighted by Gasteiger charge is 2.15. The summed E-state index contributed by atoms with van der Waals surface area (Å²) in [6.07, 6.45) is 4.06. The molecule has 0 fully saturated rings. The second-order valence-electron chi connectivity index (χ2n) is 4.52. The Hall–Kier alpha value is -2.21. The number of benzene rings is 1. The number of nitro groups is 1. The van der Waals surface area contributed by atoms with Crippen molar-refractivity contribution in [2.45, 2.75) is 19.4 Å². The van der Waals surface area contributed by atoms with E-state index in [0.717, 1.165) is 17.5 Å². The van der Waals surface area contributed by atoms with Crippen molar-refractivity contribution in [3.63, 3.8) is 0 Å². The van der Waals surface area contributed by atoms with Crippen LogP contribution < -0.4 is 5.32 Å². The summed E-state index contributed by atoms with van der Waals surface area (Å²) in [6.45, 7) is 2.64. The van der Waals surface area contributed by atoms with Gasteiger partial charge in [-0.15, -0.1) is 0 Å². The second-order valence-corrected chi connectivity index (χ2v) is 4.52. The normalized spacial score (nSPS) is 12.3. The van der Waals surface area contributed by atoms with Crippen LogP contribution in [0.1, 0.15) is 13.3 Å². The van der Waals surface area contributed by atoms with E-state index < -0.39 is 0 Å². The zero-order chi connectivity index (χ0) is 14.5. The van der Waals surface area contributed by atoms with Gasteiger partial charge in [0.1, 0.15) is 0 Å². The molecule has 20 heavy (non-hydrogen) atoms. The van der Waals surface area contributed by atoms with Gasteiger partial charge in [-0.25, -0.2) is 0 Å². The van der Waals surface area contributed by atoms with Crippen molar-refractivity contribution in [3.8, 4) is 0 Å². The van der Waals surface area contributed by atoms with Crippen LogP contribution in [0.25, 0.3) is 10.8 Å². The van der Waals surface area contributed by atoms with Gasteiger partial charge in [0.25, 0.3) is 5.69 Å². The van der Waals surface area contributed by atoms with Crippen molar-refractivity contribution in [1.82, 2.24) is 4.98 Å². The lowest BCUT2D eigenvalue weighted by molar-refractivity contribution is -0.383. The summed E-state index contributed by atoms with van der Waals surface area (Å²) in [5.41, 5.74) is 0.926. The average Bonchev–Trinajstić information content (AvgIpc) is 2.46. The van der Waals surface area contributed by atoms with Gasteiger partial charge in [0, 0.05) is 42.7 Å². The monoisotopic (exact) mass is 275 g/mol. The fourth-order valence-electron chi connectivity index (χ4n) is 2.14. The number of pyridine rings is 1. The predicted molar refractivity (Wildman–Crippen MR) is 78.0 cm³/mol. The number of nitro benzene ring substituents is 1. The summed E-state index contributed by atoms with van der Waals surface area (Å²) in [6, 6.07) is 5.19. The molecular weight excluding hydrogens is 258 g/mol. The molecule has 0 radical (unpaired) electrons. The number of hydrogen-bond donors (Lipinski definition) is 1. The van der Waals surface area contributed by atoms with E-state index in [1.54, 1.807) is 25.4 Å². The molecule has 6 nitrogen and oxygen atoms in total. The number of nitrogens with zero attached hydrogens (tertiary/aromatic N) is 2. The van der Waals surface area contributed by atoms with Gasteiger partial charge in [0.2, 0.25) is 0 Å². The number of rotatable bonds is 6. The molecule has 1 N–H and O–H groups in total. The molecule has 1 heterocycles.